The highest BCUT2D eigenvalue weighted by molar-refractivity contribution is 6.33. The quantitative estimate of drug-likeness (QED) is 0.679. The number of anilines is 4. The minimum Gasteiger partial charge on any atom is -0.338 e. The van der Waals surface area contributed by atoms with Gasteiger partial charge in [-0.3, -0.25) is 0 Å². The molecule has 2 aromatic carbocycles. The van der Waals surface area contributed by atoms with E-state index >= 15 is 0 Å². The third kappa shape index (κ3) is 4.16. The predicted octanol–water partition coefficient (Wildman–Crippen LogP) is 5.03. The normalized spacial score (nSPS) is 11.2. The zero-order valence-corrected chi connectivity index (χ0v) is 13.3. The van der Waals surface area contributed by atoms with Gasteiger partial charge in [-0.2, -0.15) is 23.3 Å². The first-order valence-electron chi connectivity index (χ1n) is 7.08. The molecule has 0 amide bonds. The van der Waals surface area contributed by atoms with Crippen LogP contribution in [0.2, 0.25) is 5.02 Å². The highest BCUT2D eigenvalue weighted by atomic mass is 35.5. The topological polar surface area (TPSA) is 62.7 Å². The number of halogens is 4. The molecular formula is C16H11ClF3N5. The number of benzene rings is 2. The zero-order valence-electron chi connectivity index (χ0n) is 12.5. The minimum absolute atomic E-state index is 0.0996. The molecule has 128 valence electrons. The van der Waals surface area contributed by atoms with Crippen molar-refractivity contribution in [3.05, 3.63) is 65.3 Å². The maximum atomic E-state index is 13.0. The molecule has 0 aliphatic carbocycles. The van der Waals surface area contributed by atoms with Crippen LogP contribution >= 0.6 is 11.6 Å². The van der Waals surface area contributed by atoms with Gasteiger partial charge in [-0.25, -0.2) is 0 Å². The van der Waals surface area contributed by atoms with E-state index in [0.29, 0.717) is 10.7 Å². The average molecular weight is 366 g/mol. The lowest BCUT2D eigenvalue weighted by atomic mass is 10.1. The molecule has 3 aromatic rings. The summed E-state index contributed by atoms with van der Waals surface area (Å²) in [6.45, 7) is 0. The second kappa shape index (κ2) is 6.94. The van der Waals surface area contributed by atoms with Crippen LogP contribution in [0.15, 0.2) is 54.7 Å². The van der Waals surface area contributed by atoms with E-state index in [9.17, 15) is 13.2 Å². The maximum Gasteiger partial charge on any atom is 0.418 e. The summed E-state index contributed by atoms with van der Waals surface area (Å²) >= 11 is 6.04. The zero-order chi connectivity index (χ0) is 17.9. The van der Waals surface area contributed by atoms with Gasteiger partial charge in [0.05, 0.1) is 28.2 Å². The highest BCUT2D eigenvalue weighted by Crippen LogP contribution is 2.35. The fourth-order valence-corrected chi connectivity index (χ4v) is 2.26. The van der Waals surface area contributed by atoms with E-state index in [1.165, 1.54) is 24.4 Å². The molecule has 0 spiro atoms. The monoisotopic (exact) mass is 365 g/mol. The third-order valence-corrected chi connectivity index (χ3v) is 3.50. The van der Waals surface area contributed by atoms with Gasteiger partial charge < -0.3 is 10.6 Å². The van der Waals surface area contributed by atoms with Gasteiger partial charge in [-0.1, -0.05) is 35.9 Å². The van der Waals surface area contributed by atoms with E-state index in [0.717, 1.165) is 6.07 Å². The third-order valence-electron chi connectivity index (χ3n) is 3.17. The Bertz CT molecular complexity index is 885. The number of para-hydroxylation sites is 2. The van der Waals surface area contributed by atoms with E-state index < -0.39 is 11.7 Å². The Morgan fingerprint density at radius 3 is 2.28 bits per heavy atom. The number of hydrogen-bond donors (Lipinski definition) is 2. The summed E-state index contributed by atoms with van der Waals surface area (Å²) in [5, 5.41) is 13.5. The van der Waals surface area contributed by atoms with E-state index in [2.05, 4.69) is 25.8 Å². The number of rotatable bonds is 4. The molecule has 0 unspecified atom stereocenters. The Balaban J connectivity index is 1.85. The van der Waals surface area contributed by atoms with Crippen molar-refractivity contribution >= 4 is 34.7 Å². The molecule has 0 aliphatic rings. The predicted molar refractivity (Wildman–Crippen MR) is 89.3 cm³/mol. The van der Waals surface area contributed by atoms with Crippen molar-refractivity contribution < 1.29 is 13.2 Å². The van der Waals surface area contributed by atoms with Gasteiger partial charge in [0.25, 0.3) is 0 Å². The Kier molecular flexibility index (Phi) is 4.71. The largest absolute Gasteiger partial charge is 0.418 e. The summed E-state index contributed by atoms with van der Waals surface area (Å²) in [6, 6.07) is 12.0. The standard InChI is InChI=1S/C16H11ClF3N5/c17-11-6-2-4-8-13(11)23-15-24-14(9-21-25-15)22-12-7-3-1-5-10(12)16(18,19)20/h1-9H,(H2,22,23,24,25). The lowest BCUT2D eigenvalue weighted by Crippen LogP contribution is -2.09. The van der Waals surface area contributed by atoms with E-state index in [1.807, 2.05) is 0 Å². The molecule has 1 heterocycles. The average Bonchev–Trinajstić information content (AvgIpc) is 2.57. The van der Waals surface area contributed by atoms with Crippen LogP contribution in [-0.2, 0) is 6.18 Å². The second-order valence-electron chi connectivity index (χ2n) is 4.94. The molecule has 0 fully saturated rings. The van der Waals surface area contributed by atoms with Crippen molar-refractivity contribution in [1.82, 2.24) is 15.2 Å². The molecular weight excluding hydrogens is 355 g/mol. The smallest absolute Gasteiger partial charge is 0.338 e. The first-order valence-corrected chi connectivity index (χ1v) is 7.46. The second-order valence-corrected chi connectivity index (χ2v) is 5.35. The SMILES string of the molecule is FC(F)(F)c1ccccc1Nc1cnnc(Nc2ccccc2Cl)n1. The number of nitrogens with one attached hydrogen (secondary N) is 2. The van der Waals surface area contributed by atoms with E-state index in [1.54, 1.807) is 24.3 Å². The molecule has 25 heavy (non-hydrogen) atoms. The van der Waals surface area contributed by atoms with Crippen LogP contribution in [0.4, 0.5) is 36.3 Å². The van der Waals surface area contributed by atoms with Crippen molar-refractivity contribution in [2.45, 2.75) is 6.18 Å². The molecule has 0 saturated carbocycles. The summed E-state index contributed by atoms with van der Waals surface area (Å²) in [7, 11) is 0. The lowest BCUT2D eigenvalue weighted by molar-refractivity contribution is -0.136. The highest BCUT2D eigenvalue weighted by Gasteiger charge is 2.33. The molecule has 2 N–H and O–H groups in total. The lowest BCUT2D eigenvalue weighted by Gasteiger charge is -2.14. The Morgan fingerprint density at radius 2 is 1.56 bits per heavy atom. The van der Waals surface area contributed by atoms with Crippen LogP contribution in [0.25, 0.3) is 0 Å². The molecule has 0 saturated heterocycles. The van der Waals surface area contributed by atoms with Gasteiger partial charge in [0, 0.05) is 0 Å². The molecule has 5 nitrogen and oxygen atoms in total. The van der Waals surface area contributed by atoms with Crippen molar-refractivity contribution in [2.75, 3.05) is 10.6 Å². The molecule has 0 bridgehead atoms. The van der Waals surface area contributed by atoms with Crippen molar-refractivity contribution in [3.63, 3.8) is 0 Å². The number of aromatic nitrogens is 3. The summed E-state index contributed by atoms with van der Waals surface area (Å²) in [5.41, 5.74) is -0.368. The summed E-state index contributed by atoms with van der Waals surface area (Å²) in [5.74, 6) is 0.212. The van der Waals surface area contributed by atoms with Crippen LogP contribution in [-0.4, -0.2) is 15.2 Å². The summed E-state index contributed by atoms with van der Waals surface area (Å²) < 4.78 is 39.1. The van der Waals surface area contributed by atoms with Gasteiger partial charge in [0.2, 0.25) is 5.95 Å². The van der Waals surface area contributed by atoms with Crippen molar-refractivity contribution in [3.8, 4) is 0 Å². The van der Waals surface area contributed by atoms with E-state index in [4.69, 9.17) is 11.6 Å². The fraction of sp³-hybridized carbons (Fsp3) is 0.0625. The Morgan fingerprint density at radius 1 is 0.880 bits per heavy atom. The molecule has 0 atom stereocenters. The van der Waals surface area contributed by atoms with Gasteiger partial charge in [-0.15, -0.1) is 5.10 Å². The van der Waals surface area contributed by atoms with Crippen LogP contribution in [0.3, 0.4) is 0 Å². The number of hydrogen-bond acceptors (Lipinski definition) is 5. The van der Waals surface area contributed by atoms with Crippen LogP contribution < -0.4 is 10.6 Å². The summed E-state index contributed by atoms with van der Waals surface area (Å²) in [4.78, 5) is 4.11. The molecule has 9 heteroatoms. The molecule has 3 rings (SSSR count). The molecule has 1 aromatic heterocycles. The first kappa shape index (κ1) is 17.0. The Labute approximate surface area is 145 Å². The first-order chi connectivity index (χ1) is 11.9. The summed E-state index contributed by atoms with van der Waals surface area (Å²) in [6.07, 6.45) is -3.26. The van der Waals surface area contributed by atoms with Gasteiger partial charge in [-0.05, 0) is 24.3 Å². The Hall–Kier alpha value is -2.87. The van der Waals surface area contributed by atoms with Crippen LogP contribution in [0.5, 0.6) is 0 Å². The van der Waals surface area contributed by atoms with Gasteiger partial charge in [0.1, 0.15) is 0 Å². The minimum atomic E-state index is -4.48. The van der Waals surface area contributed by atoms with E-state index in [-0.39, 0.29) is 17.5 Å². The van der Waals surface area contributed by atoms with Gasteiger partial charge in [0.15, 0.2) is 5.82 Å². The number of alkyl halides is 3. The maximum absolute atomic E-state index is 13.0. The molecule has 0 radical (unpaired) electrons. The number of nitrogens with zero attached hydrogens (tertiary/aromatic N) is 3. The van der Waals surface area contributed by atoms with Gasteiger partial charge >= 0.3 is 6.18 Å². The molecule has 0 aliphatic heterocycles. The van der Waals surface area contributed by atoms with Crippen LogP contribution in [0.1, 0.15) is 5.56 Å². The van der Waals surface area contributed by atoms with Crippen LogP contribution in [0, 0.1) is 0 Å². The van der Waals surface area contributed by atoms with Crippen molar-refractivity contribution in [1.29, 1.82) is 0 Å². The van der Waals surface area contributed by atoms with Crippen molar-refractivity contribution in [2.24, 2.45) is 0 Å². The fourth-order valence-electron chi connectivity index (χ4n) is 2.08.